The second-order valence-corrected chi connectivity index (χ2v) is 15.5. The summed E-state index contributed by atoms with van der Waals surface area (Å²) in [5.41, 5.74) is 1.30. The highest BCUT2D eigenvalue weighted by Crippen LogP contribution is 2.18. The molecule has 0 N–H and O–H groups in total. The molecule has 0 saturated heterocycles. The summed E-state index contributed by atoms with van der Waals surface area (Å²) in [7, 11) is -2.89. The first-order valence-electron chi connectivity index (χ1n) is 6.58. The second-order valence-electron chi connectivity index (χ2n) is 6.57. The smallest absolute Gasteiger partial charge is 0.242 e. The Morgan fingerprint density at radius 2 is 1.61 bits per heavy atom. The van der Waals surface area contributed by atoms with Crippen LogP contribution in [0.3, 0.4) is 0 Å². The average molecular weight is 283 g/mol. The van der Waals surface area contributed by atoms with Gasteiger partial charge < -0.3 is 8.85 Å². The van der Waals surface area contributed by atoms with E-state index in [0.29, 0.717) is 0 Å². The minimum atomic E-state index is -1.51. The van der Waals surface area contributed by atoms with Crippen LogP contribution in [0.2, 0.25) is 39.3 Å². The standard InChI is InChI=1S/C14H26O2Si2/c1-17(2,3)15-11-10-13-8-7-9-14(12-13)16-18(4,5)6/h7-9,12H,10-11H2,1-6H3. The van der Waals surface area contributed by atoms with Crippen LogP contribution >= 0.6 is 0 Å². The van der Waals surface area contributed by atoms with Gasteiger partial charge >= 0.3 is 0 Å². The van der Waals surface area contributed by atoms with Gasteiger partial charge in [0.25, 0.3) is 0 Å². The SMILES string of the molecule is C[Si](C)(C)OCCc1cccc(O[Si](C)(C)C)c1. The minimum absolute atomic E-state index is 0.812. The largest absolute Gasteiger partial charge is 0.544 e. The van der Waals surface area contributed by atoms with Crippen molar-refractivity contribution in [2.24, 2.45) is 0 Å². The molecule has 0 aromatic heterocycles. The predicted molar refractivity (Wildman–Crippen MR) is 83.4 cm³/mol. The first-order valence-corrected chi connectivity index (χ1v) is 13.4. The zero-order valence-corrected chi connectivity index (χ0v) is 14.5. The van der Waals surface area contributed by atoms with Crippen LogP contribution in [0.1, 0.15) is 5.56 Å². The quantitative estimate of drug-likeness (QED) is 0.725. The fraction of sp³-hybridized carbons (Fsp3) is 0.571. The molecule has 4 heteroatoms. The van der Waals surface area contributed by atoms with Gasteiger partial charge in [-0.15, -0.1) is 0 Å². The van der Waals surface area contributed by atoms with Gasteiger partial charge in [0.2, 0.25) is 8.32 Å². The number of hydrogen-bond acceptors (Lipinski definition) is 2. The van der Waals surface area contributed by atoms with Gasteiger partial charge in [0, 0.05) is 6.61 Å². The molecule has 0 amide bonds. The van der Waals surface area contributed by atoms with Crippen LogP contribution in [0.15, 0.2) is 24.3 Å². The molecule has 0 unspecified atom stereocenters. The maximum Gasteiger partial charge on any atom is 0.242 e. The summed E-state index contributed by atoms with van der Waals surface area (Å²) in [4.78, 5) is 0. The topological polar surface area (TPSA) is 18.5 Å². The Bertz CT molecular complexity index is 378. The van der Waals surface area contributed by atoms with Gasteiger partial charge in [-0.3, -0.25) is 0 Å². The van der Waals surface area contributed by atoms with Gasteiger partial charge in [-0.1, -0.05) is 12.1 Å². The van der Waals surface area contributed by atoms with Crippen LogP contribution < -0.4 is 4.43 Å². The van der Waals surface area contributed by atoms with Crippen molar-refractivity contribution in [2.75, 3.05) is 6.61 Å². The highest BCUT2D eigenvalue weighted by atomic mass is 28.4. The molecule has 0 radical (unpaired) electrons. The lowest BCUT2D eigenvalue weighted by Gasteiger charge is -2.20. The van der Waals surface area contributed by atoms with Crippen molar-refractivity contribution in [3.05, 3.63) is 29.8 Å². The van der Waals surface area contributed by atoms with Crippen molar-refractivity contribution < 1.29 is 8.85 Å². The Morgan fingerprint density at radius 3 is 2.17 bits per heavy atom. The van der Waals surface area contributed by atoms with Crippen LogP contribution in [0, 0.1) is 0 Å². The van der Waals surface area contributed by atoms with Crippen molar-refractivity contribution >= 4 is 16.6 Å². The Balaban J connectivity index is 2.55. The second kappa shape index (κ2) is 6.04. The summed E-state index contributed by atoms with van der Waals surface area (Å²) < 4.78 is 11.9. The van der Waals surface area contributed by atoms with E-state index in [-0.39, 0.29) is 0 Å². The maximum absolute atomic E-state index is 6.00. The molecule has 0 atom stereocenters. The number of rotatable bonds is 6. The summed E-state index contributed by atoms with van der Waals surface area (Å²) >= 11 is 0. The third-order valence-electron chi connectivity index (χ3n) is 2.25. The van der Waals surface area contributed by atoms with Gasteiger partial charge in [-0.05, 0) is 63.4 Å². The molecular weight excluding hydrogens is 256 g/mol. The summed E-state index contributed by atoms with van der Waals surface area (Å²) in [6.07, 6.45) is 0.965. The highest BCUT2D eigenvalue weighted by molar-refractivity contribution is 6.70. The molecule has 2 nitrogen and oxygen atoms in total. The summed E-state index contributed by atoms with van der Waals surface area (Å²) in [6.45, 7) is 14.1. The highest BCUT2D eigenvalue weighted by Gasteiger charge is 2.16. The van der Waals surface area contributed by atoms with Crippen LogP contribution in [0.5, 0.6) is 5.75 Å². The molecule has 0 heterocycles. The van der Waals surface area contributed by atoms with Gasteiger partial charge in [0.1, 0.15) is 5.75 Å². The Hall–Kier alpha value is -0.586. The molecule has 0 aliphatic rings. The van der Waals surface area contributed by atoms with E-state index in [1.165, 1.54) is 5.56 Å². The first kappa shape index (κ1) is 15.5. The molecule has 0 spiro atoms. The number of hydrogen-bond donors (Lipinski definition) is 0. The van der Waals surface area contributed by atoms with Crippen LogP contribution in [-0.4, -0.2) is 23.2 Å². The van der Waals surface area contributed by atoms with E-state index < -0.39 is 16.6 Å². The third-order valence-corrected chi connectivity index (χ3v) is 4.17. The van der Waals surface area contributed by atoms with Crippen LogP contribution in [0.25, 0.3) is 0 Å². The van der Waals surface area contributed by atoms with E-state index in [1.54, 1.807) is 0 Å². The molecule has 102 valence electrons. The lowest BCUT2D eigenvalue weighted by Crippen LogP contribution is -2.29. The maximum atomic E-state index is 6.00. The number of benzene rings is 1. The molecule has 0 aliphatic heterocycles. The normalized spacial score (nSPS) is 12.6. The molecule has 0 bridgehead atoms. The van der Waals surface area contributed by atoms with Crippen molar-refractivity contribution in [1.82, 2.24) is 0 Å². The van der Waals surface area contributed by atoms with Gasteiger partial charge in [0.05, 0.1) is 0 Å². The Labute approximate surface area is 114 Å². The van der Waals surface area contributed by atoms with Crippen molar-refractivity contribution in [1.29, 1.82) is 0 Å². The van der Waals surface area contributed by atoms with Crippen LogP contribution in [0.4, 0.5) is 0 Å². The van der Waals surface area contributed by atoms with Gasteiger partial charge in [-0.2, -0.15) is 0 Å². The fourth-order valence-corrected chi connectivity index (χ4v) is 3.14. The molecule has 1 aromatic rings. The fourth-order valence-electron chi connectivity index (χ4n) is 1.59. The Morgan fingerprint density at radius 1 is 0.944 bits per heavy atom. The van der Waals surface area contributed by atoms with Crippen molar-refractivity contribution in [2.45, 2.75) is 45.7 Å². The monoisotopic (exact) mass is 282 g/mol. The molecule has 0 aliphatic carbocycles. The average Bonchev–Trinajstić information content (AvgIpc) is 2.13. The zero-order valence-electron chi connectivity index (χ0n) is 12.5. The van der Waals surface area contributed by atoms with E-state index >= 15 is 0 Å². The van der Waals surface area contributed by atoms with E-state index in [1.807, 2.05) is 6.07 Å². The zero-order chi connectivity index (χ0) is 13.8. The first-order chi connectivity index (χ1) is 8.16. The van der Waals surface area contributed by atoms with Crippen LogP contribution in [-0.2, 0) is 10.8 Å². The summed E-state index contributed by atoms with van der Waals surface area (Å²) in [6, 6.07) is 8.40. The molecule has 0 fully saturated rings. The lowest BCUT2D eigenvalue weighted by atomic mass is 10.1. The van der Waals surface area contributed by atoms with E-state index in [2.05, 4.69) is 57.5 Å². The molecule has 0 saturated carbocycles. The molecule has 18 heavy (non-hydrogen) atoms. The molecule has 1 rings (SSSR count). The van der Waals surface area contributed by atoms with E-state index in [4.69, 9.17) is 8.85 Å². The minimum Gasteiger partial charge on any atom is -0.544 e. The van der Waals surface area contributed by atoms with Gasteiger partial charge in [0.15, 0.2) is 8.32 Å². The van der Waals surface area contributed by atoms with E-state index in [0.717, 1.165) is 18.8 Å². The summed E-state index contributed by atoms with van der Waals surface area (Å²) in [5.74, 6) is 1.000. The predicted octanol–water partition coefficient (Wildman–Crippen LogP) is 4.29. The lowest BCUT2D eigenvalue weighted by molar-refractivity contribution is 0.316. The van der Waals surface area contributed by atoms with Crippen molar-refractivity contribution in [3.8, 4) is 5.75 Å². The van der Waals surface area contributed by atoms with Crippen molar-refractivity contribution in [3.63, 3.8) is 0 Å². The summed E-state index contributed by atoms with van der Waals surface area (Å²) in [5, 5.41) is 0. The Kier molecular flexibility index (Phi) is 5.19. The van der Waals surface area contributed by atoms with E-state index in [9.17, 15) is 0 Å². The third kappa shape index (κ3) is 6.98. The molecular formula is C14H26O2Si2. The van der Waals surface area contributed by atoms with Gasteiger partial charge in [-0.25, -0.2) is 0 Å². The molecule has 1 aromatic carbocycles.